The number of pyridine rings is 1. The fourth-order valence-electron chi connectivity index (χ4n) is 1.81. The van der Waals surface area contributed by atoms with Crippen LogP contribution < -0.4 is 5.73 Å². The van der Waals surface area contributed by atoms with E-state index in [2.05, 4.69) is 44.7 Å². The second-order valence-electron chi connectivity index (χ2n) is 3.78. The summed E-state index contributed by atoms with van der Waals surface area (Å²) in [6.07, 6.45) is 3.59. The van der Waals surface area contributed by atoms with Crippen molar-refractivity contribution in [2.45, 2.75) is 26.7 Å². The van der Waals surface area contributed by atoms with Gasteiger partial charge in [0.25, 0.3) is 0 Å². The monoisotopic (exact) mass is 294 g/mol. The smallest absolute Gasteiger partial charge is 0.140 e. The summed E-state index contributed by atoms with van der Waals surface area (Å²) in [4.78, 5) is 12.0. The first-order valence-electron chi connectivity index (χ1n) is 5.65. The van der Waals surface area contributed by atoms with Gasteiger partial charge in [-0.05, 0) is 34.8 Å². The Labute approximate surface area is 109 Å². The molecule has 0 aliphatic rings. The molecule has 90 valence electrons. The lowest BCUT2D eigenvalue weighted by molar-refractivity contribution is 0.979. The summed E-state index contributed by atoms with van der Waals surface area (Å²) < 4.78 is 0.655. The van der Waals surface area contributed by atoms with Crippen LogP contribution in [0.3, 0.4) is 0 Å². The predicted molar refractivity (Wildman–Crippen MR) is 72.7 cm³/mol. The zero-order valence-electron chi connectivity index (χ0n) is 9.92. The Morgan fingerprint density at radius 2 is 2.12 bits per heavy atom. The summed E-state index contributed by atoms with van der Waals surface area (Å²) in [5.74, 6) is 0.819. The minimum Gasteiger partial charge on any atom is -0.396 e. The summed E-state index contributed by atoms with van der Waals surface area (Å²) in [6.45, 7) is 4.22. The van der Waals surface area contributed by atoms with Crippen LogP contribution in [0.15, 0.2) is 16.9 Å². The number of halogens is 1. The minimum atomic E-state index is 0.617. The van der Waals surface area contributed by atoms with Gasteiger partial charge in [-0.3, -0.25) is 0 Å². The molecule has 0 saturated heterocycles. The number of H-pyrrole nitrogens is 1. The summed E-state index contributed by atoms with van der Waals surface area (Å²) in [5, 5.41) is 0. The topological polar surface area (TPSA) is 67.6 Å². The second-order valence-corrected chi connectivity index (χ2v) is 4.53. The Kier molecular flexibility index (Phi) is 3.47. The van der Waals surface area contributed by atoms with E-state index in [4.69, 9.17) is 5.73 Å². The number of nitrogen functional groups attached to an aromatic ring is 1. The lowest BCUT2D eigenvalue weighted by Crippen LogP contribution is -1.94. The molecule has 4 nitrogen and oxygen atoms in total. The van der Waals surface area contributed by atoms with Crippen molar-refractivity contribution in [3.05, 3.63) is 28.3 Å². The molecular weight excluding hydrogens is 280 g/mol. The number of aromatic nitrogens is 3. The van der Waals surface area contributed by atoms with Crippen molar-refractivity contribution < 1.29 is 0 Å². The van der Waals surface area contributed by atoms with Gasteiger partial charge in [0.1, 0.15) is 10.4 Å². The average Bonchev–Trinajstić information content (AvgIpc) is 2.75. The maximum absolute atomic E-state index is 5.99. The predicted octanol–water partition coefficient (Wildman–Crippen LogP) is 2.94. The molecule has 2 aromatic heterocycles. The summed E-state index contributed by atoms with van der Waals surface area (Å²) in [6, 6.07) is 1.87. The van der Waals surface area contributed by atoms with Crippen LogP contribution in [0.5, 0.6) is 0 Å². The average molecular weight is 295 g/mol. The molecule has 17 heavy (non-hydrogen) atoms. The van der Waals surface area contributed by atoms with Crippen LogP contribution in [0, 0.1) is 0 Å². The molecule has 0 atom stereocenters. The van der Waals surface area contributed by atoms with Gasteiger partial charge in [-0.25, -0.2) is 9.97 Å². The Morgan fingerprint density at radius 1 is 1.35 bits per heavy atom. The van der Waals surface area contributed by atoms with Crippen LogP contribution in [-0.4, -0.2) is 15.0 Å². The van der Waals surface area contributed by atoms with Crippen LogP contribution >= 0.6 is 15.9 Å². The normalized spacial score (nSPS) is 10.8. The fourth-order valence-corrected chi connectivity index (χ4v) is 2.14. The third kappa shape index (κ3) is 2.20. The van der Waals surface area contributed by atoms with Crippen molar-refractivity contribution >= 4 is 21.6 Å². The standard InChI is InChI=1S/C12H15BrN4/c1-3-8-9(4-2)17-12(16-8)7-5-6-15-11(13)10(7)14/h5-6H,3-4,14H2,1-2H3,(H,16,17). The first kappa shape index (κ1) is 12.1. The number of nitrogens with zero attached hydrogens (tertiary/aromatic N) is 2. The van der Waals surface area contributed by atoms with Crippen molar-refractivity contribution in [2.24, 2.45) is 0 Å². The molecule has 0 bridgehead atoms. The van der Waals surface area contributed by atoms with Crippen LogP contribution in [-0.2, 0) is 12.8 Å². The van der Waals surface area contributed by atoms with Gasteiger partial charge >= 0.3 is 0 Å². The van der Waals surface area contributed by atoms with E-state index in [1.807, 2.05) is 6.07 Å². The number of hydrogen-bond acceptors (Lipinski definition) is 3. The number of aromatic amines is 1. The van der Waals surface area contributed by atoms with Crippen LogP contribution in [0.25, 0.3) is 11.4 Å². The van der Waals surface area contributed by atoms with Crippen molar-refractivity contribution in [2.75, 3.05) is 5.73 Å². The molecule has 0 aliphatic heterocycles. The number of nitrogens with two attached hydrogens (primary N) is 1. The second kappa shape index (κ2) is 4.87. The highest BCUT2D eigenvalue weighted by Crippen LogP contribution is 2.29. The maximum Gasteiger partial charge on any atom is 0.140 e. The third-order valence-corrected chi connectivity index (χ3v) is 3.38. The molecule has 0 aromatic carbocycles. The van der Waals surface area contributed by atoms with Crippen molar-refractivity contribution in [1.29, 1.82) is 0 Å². The largest absolute Gasteiger partial charge is 0.396 e. The Hall–Kier alpha value is -1.36. The van der Waals surface area contributed by atoms with E-state index in [0.717, 1.165) is 29.9 Å². The highest BCUT2D eigenvalue weighted by Gasteiger charge is 2.12. The van der Waals surface area contributed by atoms with Crippen molar-refractivity contribution in [3.63, 3.8) is 0 Å². The molecule has 3 N–H and O–H groups in total. The minimum absolute atomic E-state index is 0.617. The molecule has 0 spiro atoms. The zero-order valence-corrected chi connectivity index (χ0v) is 11.5. The maximum atomic E-state index is 5.99. The number of rotatable bonds is 3. The SMILES string of the molecule is CCc1nc(-c2ccnc(Br)c2N)[nH]c1CC. The van der Waals surface area contributed by atoms with Gasteiger partial charge in [-0.15, -0.1) is 0 Å². The van der Waals surface area contributed by atoms with E-state index >= 15 is 0 Å². The van der Waals surface area contributed by atoms with Crippen molar-refractivity contribution in [1.82, 2.24) is 15.0 Å². The number of aryl methyl sites for hydroxylation is 2. The van der Waals surface area contributed by atoms with Gasteiger partial charge < -0.3 is 10.7 Å². The first-order valence-corrected chi connectivity index (χ1v) is 6.44. The van der Waals surface area contributed by atoms with E-state index in [-0.39, 0.29) is 0 Å². The summed E-state index contributed by atoms with van der Waals surface area (Å²) in [7, 11) is 0. The Balaban J connectivity index is 2.53. The molecule has 0 amide bonds. The lowest BCUT2D eigenvalue weighted by Gasteiger charge is -2.03. The Morgan fingerprint density at radius 3 is 2.71 bits per heavy atom. The first-order chi connectivity index (χ1) is 8.17. The van der Waals surface area contributed by atoms with E-state index in [0.29, 0.717) is 10.3 Å². The molecule has 0 radical (unpaired) electrons. The Bertz CT molecular complexity index is 512. The molecular formula is C12H15BrN4. The van der Waals surface area contributed by atoms with E-state index in [1.54, 1.807) is 6.20 Å². The van der Waals surface area contributed by atoms with Gasteiger partial charge in [0.15, 0.2) is 0 Å². The van der Waals surface area contributed by atoms with Crippen LogP contribution in [0.1, 0.15) is 25.2 Å². The van der Waals surface area contributed by atoms with Gasteiger partial charge in [0.05, 0.1) is 11.4 Å². The fraction of sp³-hybridized carbons (Fsp3) is 0.333. The molecule has 2 rings (SSSR count). The molecule has 0 aliphatic carbocycles. The lowest BCUT2D eigenvalue weighted by atomic mass is 10.2. The number of nitrogens with one attached hydrogen (secondary N) is 1. The van der Waals surface area contributed by atoms with E-state index < -0.39 is 0 Å². The van der Waals surface area contributed by atoms with Crippen LogP contribution in [0.4, 0.5) is 5.69 Å². The van der Waals surface area contributed by atoms with E-state index in [9.17, 15) is 0 Å². The molecule has 0 saturated carbocycles. The zero-order chi connectivity index (χ0) is 12.4. The molecule has 2 aromatic rings. The van der Waals surface area contributed by atoms with E-state index in [1.165, 1.54) is 5.69 Å². The molecule has 0 fully saturated rings. The molecule has 5 heteroatoms. The summed E-state index contributed by atoms with van der Waals surface area (Å²) >= 11 is 3.33. The number of hydrogen-bond donors (Lipinski definition) is 2. The molecule has 2 heterocycles. The molecule has 0 unspecified atom stereocenters. The van der Waals surface area contributed by atoms with Crippen LogP contribution in [0.2, 0.25) is 0 Å². The van der Waals surface area contributed by atoms with Gasteiger partial charge in [0, 0.05) is 17.5 Å². The van der Waals surface area contributed by atoms with Gasteiger partial charge in [-0.2, -0.15) is 0 Å². The van der Waals surface area contributed by atoms with Gasteiger partial charge in [0.2, 0.25) is 0 Å². The highest BCUT2D eigenvalue weighted by atomic mass is 79.9. The highest BCUT2D eigenvalue weighted by molar-refractivity contribution is 9.10. The van der Waals surface area contributed by atoms with Crippen molar-refractivity contribution in [3.8, 4) is 11.4 Å². The number of anilines is 1. The summed E-state index contributed by atoms with van der Waals surface area (Å²) in [5.41, 5.74) is 9.78. The number of imidazole rings is 1. The quantitative estimate of drug-likeness (QED) is 0.855. The third-order valence-electron chi connectivity index (χ3n) is 2.75. The van der Waals surface area contributed by atoms with Gasteiger partial charge in [-0.1, -0.05) is 13.8 Å².